The van der Waals surface area contributed by atoms with Crippen LogP contribution >= 0.6 is 0 Å². The number of pyridine rings is 1. The molecule has 0 aromatic carbocycles. The smallest absolute Gasteiger partial charge is 0.410 e. The van der Waals surface area contributed by atoms with Crippen molar-refractivity contribution < 1.29 is 14.6 Å². The summed E-state index contributed by atoms with van der Waals surface area (Å²) in [4.78, 5) is 20.6. The zero-order valence-corrected chi connectivity index (χ0v) is 14.9. The highest BCUT2D eigenvalue weighted by Crippen LogP contribution is 2.20. The van der Waals surface area contributed by atoms with E-state index in [1.54, 1.807) is 11.1 Å². The summed E-state index contributed by atoms with van der Waals surface area (Å²) >= 11 is 0. The van der Waals surface area contributed by atoms with Gasteiger partial charge in [-0.1, -0.05) is 6.07 Å². The van der Waals surface area contributed by atoms with Crippen LogP contribution in [0.3, 0.4) is 0 Å². The van der Waals surface area contributed by atoms with Gasteiger partial charge in [0.1, 0.15) is 5.60 Å². The Morgan fingerprint density at radius 2 is 2.08 bits per heavy atom. The number of likely N-dealkylation sites (tertiary alicyclic amines) is 1. The van der Waals surface area contributed by atoms with Gasteiger partial charge >= 0.3 is 6.09 Å². The molecule has 0 unspecified atom stereocenters. The fraction of sp³-hybridized carbons (Fsp3) is 0.667. The fourth-order valence-electron chi connectivity index (χ4n) is 2.96. The van der Waals surface area contributed by atoms with Crippen LogP contribution in [0.1, 0.15) is 39.3 Å². The highest BCUT2D eigenvalue weighted by Gasteiger charge is 2.29. The van der Waals surface area contributed by atoms with Crippen LogP contribution in [-0.2, 0) is 11.3 Å². The van der Waals surface area contributed by atoms with Crippen molar-refractivity contribution in [3.05, 3.63) is 30.1 Å². The number of carbonyl (C=O) groups is 1. The predicted octanol–water partition coefficient (Wildman–Crippen LogP) is 2.28. The molecule has 134 valence electrons. The molecule has 0 saturated carbocycles. The number of aliphatic hydroxyl groups is 1. The van der Waals surface area contributed by atoms with Gasteiger partial charge in [0, 0.05) is 38.4 Å². The number of hydrogen-bond acceptors (Lipinski definition) is 5. The van der Waals surface area contributed by atoms with Crippen molar-refractivity contribution in [1.29, 1.82) is 0 Å². The highest BCUT2D eigenvalue weighted by molar-refractivity contribution is 5.68. The molecule has 1 aromatic heterocycles. The van der Waals surface area contributed by atoms with Crippen molar-refractivity contribution >= 4 is 6.09 Å². The summed E-state index contributed by atoms with van der Waals surface area (Å²) in [6.07, 6.45) is 3.31. The van der Waals surface area contributed by atoms with Crippen LogP contribution in [0.25, 0.3) is 0 Å². The Morgan fingerprint density at radius 1 is 1.38 bits per heavy atom. The summed E-state index contributed by atoms with van der Waals surface area (Å²) in [5.41, 5.74) is 0.538. The topological polar surface area (TPSA) is 65.9 Å². The molecular weight excluding hydrogens is 306 g/mol. The predicted molar refractivity (Wildman–Crippen MR) is 92.6 cm³/mol. The van der Waals surface area contributed by atoms with Gasteiger partial charge in [0.15, 0.2) is 0 Å². The molecule has 1 saturated heterocycles. The van der Waals surface area contributed by atoms with Crippen molar-refractivity contribution in [3.63, 3.8) is 0 Å². The number of piperidine rings is 1. The summed E-state index contributed by atoms with van der Waals surface area (Å²) in [6.45, 7) is 8.48. The summed E-state index contributed by atoms with van der Waals surface area (Å²) in [5, 5.41) is 9.37. The molecule has 2 rings (SSSR count). The molecule has 1 aliphatic rings. The highest BCUT2D eigenvalue weighted by atomic mass is 16.6. The molecule has 0 radical (unpaired) electrons. The summed E-state index contributed by atoms with van der Waals surface area (Å²) in [7, 11) is 0. The maximum Gasteiger partial charge on any atom is 0.410 e. The number of nitrogens with zero attached hydrogens (tertiary/aromatic N) is 3. The lowest BCUT2D eigenvalue weighted by atomic mass is 10.0. The van der Waals surface area contributed by atoms with E-state index >= 15 is 0 Å². The number of amides is 1. The molecule has 0 atom stereocenters. The van der Waals surface area contributed by atoms with Crippen LogP contribution < -0.4 is 0 Å². The Balaban J connectivity index is 1.89. The standard InChI is InChI=1S/C18H29N3O3/c1-18(2,3)24-17(23)20-10-7-16(8-11-20)21(12-13-22)14-15-6-4-5-9-19-15/h4-6,9,16,22H,7-8,10-14H2,1-3H3. The number of ether oxygens (including phenoxy) is 1. The normalized spacial score (nSPS) is 16.5. The lowest BCUT2D eigenvalue weighted by Gasteiger charge is -2.38. The van der Waals surface area contributed by atoms with Crippen molar-refractivity contribution in [2.45, 2.75) is 51.8 Å². The van der Waals surface area contributed by atoms with Crippen molar-refractivity contribution in [2.75, 3.05) is 26.2 Å². The Kier molecular flexibility index (Phi) is 6.57. The minimum absolute atomic E-state index is 0.124. The van der Waals surface area contributed by atoms with E-state index in [-0.39, 0.29) is 12.7 Å². The molecule has 24 heavy (non-hydrogen) atoms. The largest absolute Gasteiger partial charge is 0.444 e. The van der Waals surface area contributed by atoms with E-state index in [1.807, 2.05) is 39.0 Å². The fourth-order valence-corrected chi connectivity index (χ4v) is 2.96. The van der Waals surface area contributed by atoms with E-state index in [9.17, 15) is 9.90 Å². The molecule has 6 nitrogen and oxygen atoms in total. The van der Waals surface area contributed by atoms with E-state index in [1.165, 1.54) is 0 Å². The molecule has 6 heteroatoms. The third-order valence-corrected chi connectivity index (χ3v) is 4.11. The first-order valence-electron chi connectivity index (χ1n) is 8.62. The van der Waals surface area contributed by atoms with Gasteiger partial charge in [-0.3, -0.25) is 9.88 Å². The lowest BCUT2D eigenvalue weighted by molar-refractivity contribution is 0.0124. The Hall–Kier alpha value is -1.66. The van der Waals surface area contributed by atoms with Crippen LogP contribution in [0.5, 0.6) is 0 Å². The van der Waals surface area contributed by atoms with Crippen molar-refractivity contribution in [2.24, 2.45) is 0 Å². The number of hydrogen-bond donors (Lipinski definition) is 1. The Morgan fingerprint density at radius 3 is 2.62 bits per heavy atom. The molecule has 2 heterocycles. The van der Waals surface area contributed by atoms with Crippen molar-refractivity contribution in [3.8, 4) is 0 Å². The maximum absolute atomic E-state index is 12.1. The average molecular weight is 335 g/mol. The second kappa shape index (κ2) is 8.44. The first-order valence-corrected chi connectivity index (χ1v) is 8.62. The first kappa shape index (κ1) is 18.7. The van der Waals surface area contributed by atoms with Crippen LogP contribution in [0.4, 0.5) is 4.79 Å². The molecule has 1 N–H and O–H groups in total. The summed E-state index contributed by atoms with van der Waals surface area (Å²) < 4.78 is 5.44. The second-order valence-corrected chi connectivity index (χ2v) is 7.21. The third-order valence-electron chi connectivity index (χ3n) is 4.11. The van der Waals surface area contributed by atoms with Gasteiger partial charge in [0.25, 0.3) is 0 Å². The van der Waals surface area contributed by atoms with Crippen LogP contribution in [0, 0.1) is 0 Å². The zero-order valence-electron chi connectivity index (χ0n) is 14.9. The summed E-state index contributed by atoms with van der Waals surface area (Å²) in [5.74, 6) is 0. The van der Waals surface area contributed by atoms with Gasteiger partial charge in [-0.2, -0.15) is 0 Å². The Bertz CT molecular complexity index is 508. The number of aromatic nitrogens is 1. The maximum atomic E-state index is 12.1. The third kappa shape index (κ3) is 5.76. The number of rotatable bonds is 5. The van der Waals surface area contributed by atoms with Gasteiger partial charge in [0.2, 0.25) is 0 Å². The first-order chi connectivity index (χ1) is 11.4. The van der Waals surface area contributed by atoms with Crippen LogP contribution in [0.15, 0.2) is 24.4 Å². The van der Waals surface area contributed by atoms with E-state index < -0.39 is 5.60 Å². The molecule has 1 aromatic rings. The quantitative estimate of drug-likeness (QED) is 0.894. The van der Waals surface area contributed by atoms with Gasteiger partial charge in [0.05, 0.1) is 12.3 Å². The molecule has 1 amide bonds. The molecule has 1 fully saturated rings. The molecule has 0 spiro atoms. The van der Waals surface area contributed by atoms with Gasteiger partial charge in [-0.05, 0) is 45.7 Å². The van der Waals surface area contributed by atoms with E-state index in [0.717, 1.165) is 25.1 Å². The van der Waals surface area contributed by atoms with Crippen molar-refractivity contribution in [1.82, 2.24) is 14.8 Å². The number of carbonyl (C=O) groups excluding carboxylic acids is 1. The van der Waals surface area contributed by atoms with Gasteiger partial charge in [-0.15, -0.1) is 0 Å². The lowest BCUT2D eigenvalue weighted by Crippen LogP contribution is -2.48. The molecule has 1 aliphatic heterocycles. The molecular formula is C18H29N3O3. The van der Waals surface area contributed by atoms with Gasteiger partial charge < -0.3 is 14.7 Å². The second-order valence-electron chi connectivity index (χ2n) is 7.21. The van der Waals surface area contributed by atoms with E-state index in [0.29, 0.717) is 25.7 Å². The number of aliphatic hydroxyl groups excluding tert-OH is 1. The van der Waals surface area contributed by atoms with Gasteiger partial charge in [-0.25, -0.2) is 4.79 Å². The average Bonchev–Trinajstić information content (AvgIpc) is 2.54. The molecule has 0 bridgehead atoms. The van der Waals surface area contributed by atoms with E-state index in [4.69, 9.17) is 4.74 Å². The van der Waals surface area contributed by atoms with Crippen LogP contribution in [-0.4, -0.2) is 63.9 Å². The minimum Gasteiger partial charge on any atom is -0.444 e. The minimum atomic E-state index is -0.462. The Labute approximate surface area is 144 Å². The molecule has 0 aliphatic carbocycles. The SMILES string of the molecule is CC(C)(C)OC(=O)N1CCC(N(CCO)Cc2ccccn2)CC1. The van der Waals surface area contributed by atoms with E-state index in [2.05, 4.69) is 9.88 Å². The zero-order chi connectivity index (χ0) is 17.6. The van der Waals surface area contributed by atoms with Crippen LogP contribution in [0.2, 0.25) is 0 Å². The monoisotopic (exact) mass is 335 g/mol. The summed E-state index contributed by atoms with van der Waals surface area (Å²) in [6, 6.07) is 6.22.